The summed E-state index contributed by atoms with van der Waals surface area (Å²) in [7, 11) is 0. The highest BCUT2D eigenvalue weighted by Crippen LogP contribution is 2.39. The molecule has 0 radical (unpaired) electrons. The molecule has 0 amide bonds. The van der Waals surface area contributed by atoms with Crippen LogP contribution in [0.2, 0.25) is 0 Å². The van der Waals surface area contributed by atoms with E-state index in [2.05, 4.69) is 25.7 Å². The van der Waals surface area contributed by atoms with E-state index in [1.165, 1.54) is 0 Å². The number of ether oxygens (including phenoxy) is 1. The molecule has 2 N–H and O–H groups in total. The number of phenols is 1. The lowest BCUT2D eigenvalue weighted by molar-refractivity contribution is 0.454. The molecule has 8 heteroatoms. The van der Waals surface area contributed by atoms with Crippen LogP contribution in [0.5, 0.6) is 17.2 Å². The first-order valence-corrected chi connectivity index (χ1v) is 7.91. The van der Waals surface area contributed by atoms with E-state index in [4.69, 9.17) is 4.74 Å². The van der Waals surface area contributed by atoms with Gasteiger partial charge in [0.1, 0.15) is 23.7 Å². The lowest BCUT2D eigenvalue weighted by Gasteiger charge is -2.12. The fourth-order valence-corrected chi connectivity index (χ4v) is 3.23. The van der Waals surface area contributed by atoms with Crippen LogP contribution in [0, 0.1) is 13.8 Å². The van der Waals surface area contributed by atoms with Crippen molar-refractivity contribution in [2.24, 2.45) is 0 Å². The molecule has 2 aromatic heterocycles. The third-order valence-electron chi connectivity index (χ3n) is 4.42. The van der Waals surface area contributed by atoms with Crippen LogP contribution in [0.1, 0.15) is 34.8 Å². The fourth-order valence-electron chi connectivity index (χ4n) is 3.23. The van der Waals surface area contributed by atoms with E-state index in [0.717, 1.165) is 53.3 Å². The first kappa shape index (κ1) is 14.7. The van der Waals surface area contributed by atoms with Gasteiger partial charge in [-0.15, -0.1) is 10.2 Å². The number of phenolic OH excluding ortho intramolecular Hbond substituents is 1. The molecular formula is C16H18N6O2. The van der Waals surface area contributed by atoms with Crippen molar-refractivity contribution < 1.29 is 9.84 Å². The third kappa shape index (κ3) is 2.40. The van der Waals surface area contributed by atoms with Crippen molar-refractivity contribution >= 4 is 0 Å². The number of aryl methyl sites for hydroxylation is 1. The van der Waals surface area contributed by atoms with E-state index < -0.39 is 0 Å². The number of aromatic amines is 1. The average Bonchev–Trinajstić information content (AvgIpc) is 3.28. The van der Waals surface area contributed by atoms with Crippen LogP contribution in [-0.4, -0.2) is 35.5 Å². The summed E-state index contributed by atoms with van der Waals surface area (Å²) in [5, 5.41) is 28.4. The summed E-state index contributed by atoms with van der Waals surface area (Å²) in [5.41, 5.74) is 3.80. The second kappa shape index (κ2) is 5.63. The molecule has 0 unspecified atom stereocenters. The van der Waals surface area contributed by atoms with Crippen molar-refractivity contribution in [3.05, 3.63) is 40.5 Å². The van der Waals surface area contributed by atoms with Gasteiger partial charge in [0.25, 0.3) is 0 Å². The van der Waals surface area contributed by atoms with Crippen molar-refractivity contribution in [2.45, 2.75) is 39.7 Å². The summed E-state index contributed by atoms with van der Waals surface area (Å²) in [6.07, 6.45) is 2.86. The van der Waals surface area contributed by atoms with Gasteiger partial charge < -0.3 is 9.84 Å². The van der Waals surface area contributed by atoms with E-state index in [1.807, 2.05) is 19.9 Å². The quantitative estimate of drug-likeness (QED) is 0.761. The fraction of sp³-hybridized carbons (Fsp3) is 0.375. The average molecular weight is 326 g/mol. The maximum atomic E-state index is 9.98. The smallest absolute Gasteiger partial charge is 0.195 e. The van der Waals surface area contributed by atoms with E-state index in [-0.39, 0.29) is 0 Å². The van der Waals surface area contributed by atoms with Gasteiger partial charge in [-0.3, -0.25) is 4.68 Å². The second-order valence-corrected chi connectivity index (χ2v) is 5.98. The predicted octanol–water partition coefficient (Wildman–Crippen LogP) is 2.05. The molecule has 0 saturated carbocycles. The zero-order valence-corrected chi connectivity index (χ0v) is 13.6. The summed E-state index contributed by atoms with van der Waals surface area (Å²) in [6, 6.07) is 3.53. The predicted molar refractivity (Wildman–Crippen MR) is 85.2 cm³/mol. The van der Waals surface area contributed by atoms with Crippen LogP contribution >= 0.6 is 0 Å². The number of fused-ring (bicyclic) bond motifs is 1. The summed E-state index contributed by atoms with van der Waals surface area (Å²) in [5.74, 6) is 2.46. The largest absolute Gasteiger partial charge is 0.508 e. The van der Waals surface area contributed by atoms with Gasteiger partial charge in [-0.2, -0.15) is 10.3 Å². The molecule has 0 aliphatic heterocycles. The van der Waals surface area contributed by atoms with Crippen LogP contribution < -0.4 is 4.74 Å². The third-order valence-corrected chi connectivity index (χ3v) is 4.42. The molecule has 8 nitrogen and oxygen atoms in total. The maximum absolute atomic E-state index is 9.98. The minimum absolute atomic E-state index is 0.357. The number of benzene rings is 1. The first-order valence-electron chi connectivity index (χ1n) is 7.91. The van der Waals surface area contributed by atoms with Gasteiger partial charge in [0.15, 0.2) is 11.6 Å². The molecule has 1 aliphatic carbocycles. The summed E-state index contributed by atoms with van der Waals surface area (Å²) < 4.78 is 7.98. The lowest BCUT2D eigenvalue weighted by atomic mass is 10.1. The van der Waals surface area contributed by atoms with Gasteiger partial charge in [-0.1, -0.05) is 5.21 Å². The molecule has 1 aliphatic rings. The number of nitrogens with one attached hydrogen (secondary N) is 1. The molecule has 24 heavy (non-hydrogen) atoms. The molecule has 0 atom stereocenters. The number of rotatable bonds is 4. The van der Waals surface area contributed by atoms with Crippen LogP contribution in [0.3, 0.4) is 0 Å². The highest BCUT2D eigenvalue weighted by atomic mass is 16.5. The van der Waals surface area contributed by atoms with Gasteiger partial charge >= 0.3 is 0 Å². The number of hydrogen-bond donors (Lipinski definition) is 2. The van der Waals surface area contributed by atoms with Crippen molar-refractivity contribution in [3.63, 3.8) is 0 Å². The number of aromatic hydroxyl groups is 1. The number of H-pyrrole nitrogens is 1. The Hall–Kier alpha value is -2.90. The lowest BCUT2D eigenvalue weighted by Crippen LogP contribution is -2.05. The summed E-state index contributed by atoms with van der Waals surface area (Å²) in [4.78, 5) is 0. The van der Waals surface area contributed by atoms with Gasteiger partial charge in [-0.25, -0.2) is 0 Å². The first-order chi connectivity index (χ1) is 11.6. The molecule has 3 aromatic rings. The topological polar surface area (TPSA) is 102 Å². The summed E-state index contributed by atoms with van der Waals surface area (Å²) in [6.45, 7) is 4.30. The molecule has 0 fully saturated rings. The van der Waals surface area contributed by atoms with Crippen LogP contribution in [0.15, 0.2) is 12.1 Å². The highest BCUT2D eigenvalue weighted by molar-refractivity contribution is 5.52. The van der Waals surface area contributed by atoms with Crippen molar-refractivity contribution in [1.82, 2.24) is 30.4 Å². The standard InChI is InChI=1S/C16H18N6O2/c1-9-16(10(2)22(19-9)8-15-17-20-21-18-15)24-14-7-6-13(23)11-4-3-5-12(11)14/h6-7,23H,3-5,8H2,1-2H3,(H,17,18,20,21). The Bertz CT molecular complexity index is 885. The van der Waals surface area contributed by atoms with Gasteiger partial charge in [-0.05, 0) is 45.2 Å². The normalized spacial score (nSPS) is 13.2. The Labute approximate surface area is 138 Å². The molecule has 4 rings (SSSR count). The van der Waals surface area contributed by atoms with Crippen LogP contribution in [-0.2, 0) is 19.4 Å². The second-order valence-electron chi connectivity index (χ2n) is 5.98. The Morgan fingerprint density at radius 2 is 2.08 bits per heavy atom. The molecule has 0 spiro atoms. The number of hydrogen-bond acceptors (Lipinski definition) is 6. The molecule has 124 valence electrons. The van der Waals surface area contributed by atoms with Gasteiger partial charge in [0.2, 0.25) is 0 Å². The van der Waals surface area contributed by atoms with Crippen LogP contribution in [0.25, 0.3) is 0 Å². The van der Waals surface area contributed by atoms with E-state index in [1.54, 1.807) is 10.7 Å². The van der Waals surface area contributed by atoms with E-state index >= 15 is 0 Å². The summed E-state index contributed by atoms with van der Waals surface area (Å²) >= 11 is 0. The Morgan fingerprint density at radius 3 is 2.88 bits per heavy atom. The van der Waals surface area contributed by atoms with Crippen molar-refractivity contribution in [2.75, 3.05) is 0 Å². The maximum Gasteiger partial charge on any atom is 0.195 e. The van der Waals surface area contributed by atoms with Gasteiger partial charge in [0.05, 0.1) is 5.69 Å². The highest BCUT2D eigenvalue weighted by Gasteiger charge is 2.22. The Morgan fingerprint density at radius 1 is 1.25 bits per heavy atom. The van der Waals surface area contributed by atoms with Gasteiger partial charge in [0, 0.05) is 11.1 Å². The molecule has 1 aromatic carbocycles. The monoisotopic (exact) mass is 326 g/mol. The van der Waals surface area contributed by atoms with Crippen molar-refractivity contribution in [3.8, 4) is 17.2 Å². The number of tetrazole rings is 1. The minimum Gasteiger partial charge on any atom is -0.508 e. The Kier molecular flexibility index (Phi) is 3.44. The number of aromatic nitrogens is 6. The molecule has 0 bridgehead atoms. The molecular weight excluding hydrogens is 308 g/mol. The minimum atomic E-state index is 0.357. The molecule has 0 saturated heterocycles. The Balaban J connectivity index is 1.66. The zero-order chi connectivity index (χ0) is 16.7. The molecule has 2 heterocycles. The van der Waals surface area contributed by atoms with Crippen LogP contribution in [0.4, 0.5) is 0 Å². The SMILES string of the molecule is Cc1nn(Cc2nn[nH]n2)c(C)c1Oc1ccc(O)c2c1CCC2. The van der Waals surface area contributed by atoms with E-state index in [9.17, 15) is 5.11 Å². The number of nitrogens with zero attached hydrogens (tertiary/aromatic N) is 5. The van der Waals surface area contributed by atoms with E-state index in [0.29, 0.717) is 18.1 Å². The van der Waals surface area contributed by atoms with Crippen molar-refractivity contribution in [1.29, 1.82) is 0 Å². The zero-order valence-electron chi connectivity index (χ0n) is 13.6.